The highest BCUT2D eigenvalue weighted by Crippen LogP contribution is 2.51. The number of carbonyl (C=O) groups excluding carboxylic acids is 1. The maximum atomic E-state index is 12.1. The molecular weight excluding hydrogens is 260 g/mol. The number of rotatable bonds is 4. The van der Waals surface area contributed by atoms with Crippen molar-refractivity contribution in [3.8, 4) is 0 Å². The molecule has 0 aliphatic heterocycles. The third-order valence-corrected chi connectivity index (χ3v) is 4.38. The zero-order valence-electron chi connectivity index (χ0n) is 12.2. The molecule has 3 N–H and O–H groups in total. The van der Waals surface area contributed by atoms with Crippen LogP contribution in [0.4, 0.5) is 5.69 Å². The van der Waals surface area contributed by atoms with Gasteiger partial charge in [0.2, 0.25) is 0 Å². The van der Waals surface area contributed by atoms with E-state index in [0.717, 1.165) is 18.5 Å². The molecule has 0 aromatic heterocycles. The molecule has 1 fully saturated rings. The Hall–Kier alpha value is -2.13. The first kappa shape index (κ1) is 13.8. The van der Waals surface area contributed by atoms with Gasteiger partial charge < -0.3 is 11.1 Å². The predicted molar refractivity (Wildman–Crippen MR) is 85.4 cm³/mol. The highest BCUT2D eigenvalue weighted by atomic mass is 16.1. The van der Waals surface area contributed by atoms with Crippen molar-refractivity contribution in [2.24, 2.45) is 5.73 Å². The molecule has 0 bridgehead atoms. The van der Waals surface area contributed by atoms with Crippen molar-refractivity contribution < 1.29 is 4.79 Å². The van der Waals surface area contributed by atoms with Crippen LogP contribution in [0.1, 0.15) is 41.6 Å². The summed E-state index contributed by atoms with van der Waals surface area (Å²) >= 11 is 0. The van der Waals surface area contributed by atoms with Crippen LogP contribution in [0.5, 0.6) is 0 Å². The molecule has 108 valence electrons. The van der Waals surface area contributed by atoms with Gasteiger partial charge in [-0.3, -0.25) is 4.79 Å². The molecule has 1 aliphatic rings. The van der Waals surface area contributed by atoms with Gasteiger partial charge >= 0.3 is 0 Å². The maximum absolute atomic E-state index is 12.1. The fourth-order valence-electron chi connectivity index (χ4n) is 2.75. The first-order valence-corrected chi connectivity index (χ1v) is 7.37. The minimum Gasteiger partial charge on any atom is -0.325 e. The van der Waals surface area contributed by atoms with Crippen molar-refractivity contribution in [1.82, 2.24) is 0 Å². The number of nitrogens with two attached hydrogens (primary N) is 1. The Morgan fingerprint density at radius 1 is 1.19 bits per heavy atom. The first-order valence-electron chi connectivity index (χ1n) is 7.37. The summed E-state index contributed by atoms with van der Waals surface area (Å²) < 4.78 is 0. The zero-order valence-corrected chi connectivity index (χ0v) is 12.2. The van der Waals surface area contributed by atoms with Crippen LogP contribution in [0.25, 0.3) is 0 Å². The number of hydrogen-bond donors (Lipinski definition) is 2. The van der Waals surface area contributed by atoms with Gasteiger partial charge in [0, 0.05) is 22.7 Å². The quantitative estimate of drug-likeness (QED) is 0.900. The lowest BCUT2D eigenvalue weighted by molar-refractivity contribution is 0.102. The summed E-state index contributed by atoms with van der Waals surface area (Å²) in [5, 5.41) is 2.91. The highest BCUT2D eigenvalue weighted by Gasteiger charge is 2.49. The smallest absolute Gasteiger partial charge is 0.255 e. The summed E-state index contributed by atoms with van der Waals surface area (Å²) in [6.45, 7) is 2.13. The van der Waals surface area contributed by atoms with E-state index in [1.165, 1.54) is 5.56 Å². The highest BCUT2D eigenvalue weighted by molar-refractivity contribution is 6.04. The SMILES string of the molecule is CCC1(N)CC1c1ccc(NC(=O)c2ccccc2)cc1. The molecule has 21 heavy (non-hydrogen) atoms. The van der Waals surface area contributed by atoms with Gasteiger partial charge in [0.25, 0.3) is 5.91 Å². The van der Waals surface area contributed by atoms with E-state index in [0.29, 0.717) is 11.5 Å². The van der Waals surface area contributed by atoms with Gasteiger partial charge in [-0.2, -0.15) is 0 Å². The molecule has 2 atom stereocenters. The number of amides is 1. The van der Waals surface area contributed by atoms with E-state index in [1.54, 1.807) is 12.1 Å². The molecule has 2 unspecified atom stereocenters. The van der Waals surface area contributed by atoms with E-state index in [4.69, 9.17) is 5.73 Å². The molecule has 0 spiro atoms. The van der Waals surface area contributed by atoms with E-state index in [9.17, 15) is 4.79 Å². The number of hydrogen-bond acceptors (Lipinski definition) is 2. The summed E-state index contributed by atoms with van der Waals surface area (Å²) in [4.78, 5) is 12.1. The van der Waals surface area contributed by atoms with Gasteiger partial charge in [-0.1, -0.05) is 37.3 Å². The summed E-state index contributed by atoms with van der Waals surface area (Å²) in [5.74, 6) is 0.373. The second-order valence-corrected chi connectivity index (χ2v) is 5.79. The average molecular weight is 280 g/mol. The third-order valence-electron chi connectivity index (χ3n) is 4.38. The average Bonchev–Trinajstić information content (AvgIpc) is 3.21. The summed E-state index contributed by atoms with van der Waals surface area (Å²) in [6.07, 6.45) is 2.06. The number of benzene rings is 2. The lowest BCUT2D eigenvalue weighted by atomic mass is 10.0. The van der Waals surface area contributed by atoms with Crippen LogP contribution in [-0.4, -0.2) is 11.4 Å². The third kappa shape index (κ3) is 2.83. The van der Waals surface area contributed by atoms with E-state index < -0.39 is 0 Å². The van der Waals surface area contributed by atoms with Gasteiger partial charge in [-0.15, -0.1) is 0 Å². The second kappa shape index (κ2) is 5.34. The number of carbonyl (C=O) groups is 1. The number of nitrogens with one attached hydrogen (secondary N) is 1. The van der Waals surface area contributed by atoms with Gasteiger partial charge in [0.1, 0.15) is 0 Å². The summed E-state index contributed by atoms with van der Waals surface area (Å²) in [5.41, 5.74) is 8.96. The lowest BCUT2D eigenvalue weighted by Crippen LogP contribution is -2.22. The van der Waals surface area contributed by atoms with Gasteiger partial charge in [-0.25, -0.2) is 0 Å². The van der Waals surface area contributed by atoms with E-state index in [1.807, 2.05) is 30.3 Å². The van der Waals surface area contributed by atoms with Crippen molar-refractivity contribution in [3.63, 3.8) is 0 Å². The molecule has 2 aromatic rings. The lowest BCUT2D eigenvalue weighted by Gasteiger charge is -2.09. The summed E-state index contributed by atoms with van der Waals surface area (Å²) in [6, 6.07) is 17.2. The molecule has 0 heterocycles. The van der Waals surface area contributed by atoms with E-state index in [2.05, 4.69) is 24.4 Å². The Bertz CT molecular complexity index is 636. The van der Waals surface area contributed by atoms with Crippen molar-refractivity contribution in [1.29, 1.82) is 0 Å². The van der Waals surface area contributed by atoms with Crippen LogP contribution in [0, 0.1) is 0 Å². The second-order valence-electron chi connectivity index (χ2n) is 5.79. The Labute approximate surface area is 125 Å². The van der Waals surface area contributed by atoms with Crippen molar-refractivity contribution >= 4 is 11.6 Å². The minimum atomic E-state index is -0.0866. The Morgan fingerprint density at radius 3 is 2.43 bits per heavy atom. The molecular formula is C18H20N2O. The van der Waals surface area contributed by atoms with Crippen LogP contribution < -0.4 is 11.1 Å². The molecule has 1 aliphatic carbocycles. The Balaban J connectivity index is 1.67. The van der Waals surface area contributed by atoms with Crippen molar-refractivity contribution in [2.45, 2.75) is 31.2 Å². The largest absolute Gasteiger partial charge is 0.325 e. The summed E-state index contributed by atoms with van der Waals surface area (Å²) in [7, 11) is 0. The Morgan fingerprint density at radius 2 is 1.86 bits per heavy atom. The van der Waals surface area contributed by atoms with Crippen LogP contribution in [0.3, 0.4) is 0 Å². The zero-order chi connectivity index (χ0) is 14.9. The minimum absolute atomic E-state index is 0.0190. The molecule has 1 amide bonds. The monoisotopic (exact) mass is 280 g/mol. The molecule has 3 nitrogen and oxygen atoms in total. The first-order chi connectivity index (χ1) is 10.1. The van der Waals surface area contributed by atoms with E-state index in [-0.39, 0.29) is 11.4 Å². The molecule has 3 heteroatoms. The Kier molecular flexibility index (Phi) is 3.52. The molecule has 0 radical (unpaired) electrons. The molecule has 0 saturated heterocycles. The molecule has 2 aromatic carbocycles. The van der Waals surface area contributed by atoms with Gasteiger partial charge in [0.05, 0.1) is 0 Å². The van der Waals surface area contributed by atoms with Crippen LogP contribution >= 0.6 is 0 Å². The normalized spacial score (nSPS) is 23.6. The van der Waals surface area contributed by atoms with Crippen molar-refractivity contribution in [2.75, 3.05) is 5.32 Å². The predicted octanol–water partition coefficient (Wildman–Crippen LogP) is 3.53. The van der Waals surface area contributed by atoms with Crippen LogP contribution in [-0.2, 0) is 0 Å². The number of anilines is 1. The maximum Gasteiger partial charge on any atom is 0.255 e. The molecule has 1 saturated carbocycles. The van der Waals surface area contributed by atoms with Gasteiger partial charge in [0.15, 0.2) is 0 Å². The standard InChI is InChI=1S/C18H20N2O/c1-2-18(19)12-16(18)13-8-10-15(11-9-13)20-17(21)14-6-4-3-5-7-14/h3-11,16H,2,12,19H2,1H3,(H,20,21). The molecule has 3 rings (SSSR count). The van der Waals surface area contributed by atoms with Crippen LogP contribution in [0.15, 0.2) is 54.6 Å². The fraction of sp³-hybridized carbons (Fsp3) is 0.278. The van der Waals surface area contributed by atoms with Crippen LogP contribution in [0.2, 0.25) is 0 Å². The topological polar surface area (TPSA) is 55.1 Å². The fourth-order valence-corrected chi connectivity index (χ4v) is 2.75. The van der Waals surface area contributed by atoms with Crippen molar-refractivity contribution in [3.05, 3.63) is 65.7 Å². The van der Waals surface area contributed by atoms with E-state index >= 15 is 0 Å². The van der Waals surface area contributed by atoms with Gasteiger partial charge in [-0.05, 0) is 42.7 Å².